The molecule has 9 rings (SSSR count). The molecule has 67 heavy (non-hydrogen) atoms. The number of likely N-dealkylation sites (tertiary alicyclic amines) is 1. The third-order valence-corrected chi connectivity index (χ3v) is 17.5. The molecule has 3 aliphatic carbocycles. The van der Waals surface area contributed by atoms with Gasteiger partial charge in [-0.3, -0.25) is 19.1 Å². The van der Waals surface area contributed by atoms with Crippen LogP contribution in [-0.2, 0) is 45.0 Å². The van der Waals surface area contributed by atoms with E-state index < -0.39 is 73.6 Å². The molecule has 5 heterocycles. The van der Waals surface area contributed by atoms with E-state index in [0.29, 0.717) is 50.5 Å². The number of amides is 4. The van der Waals surface area contributed by atoms with Crippen molar-refractivity contribution in [2.75, 3.05) is 53.1 Å². The van der Waals surface area contributed by atoms with Gasteiger partial charge in [-0.15, -0.1) is 6.58 Å². The predicted molar refractivity (Wildman–Crippen MR) is 248 cm³/mol. The van der Waals surface area contributed by atoms with Gasteiger partial charge in [-0.2, -0.15) is 0 Å². The zero-order chi connectivity index (χ0) is 47.5. The minimum atomic E-state index is -4.03. The molecule has 0 spiro atoms. The summed E-state index contributed by atoms with van der Waals surface area (Å²) in [7, 11) is -2.31. The van der Waals surface area contributed by atoms with Gasteiger partial charge in [0.1, 0.15) is 41.7 Å². The fourth-order valence-corrected chi connectivity index (χ4v) is 12.0. The highest BCUT2D eigenvalue weighted by atomic mass is 32.2. The van der Waals surface area contributed by atoms with Crippen LogP contribution in [-0.4, -0.2) is 141 Å². The quantitative estimate of drug-likeness (QED) is 0.270. The van der Waals surface area contributed by atoms with E-state index in [1.165, 1.54) is 11.0 Å². The van der Waals surface area contributed by atoms with Crippen LogP contribution >= 0.6 is 0 Å². The van der Waals surface area contributed by atoms with Crippen molar-refractivity contribution in [3.8, 4) is 11.6 Å². The molecule has 4 bridgehead atoms. The second-order valence-electron chi connectivity index (χ2n) is 21.5. The van der Waals surface area contributed by atoms with Gasteiger partial charge in [0.25, 0.3) is 5.91 Å². The van der Waals surface area contributed by atoms with E-state index in [0.717, 1.165) is 68.4 Å². The second kappa shape index (κ2) is 18.4. The number of pyridine rings is 1. The number of hydrogen-bond acceptors (Lipinski definition) is 13. The summed E-state index contributed by atoms with van der Waals surface area (Å²) in [4.78, 5) is 66.1. The number of rotatable bonds is 11. The largest absolute Gasteiger partial charge is 0.488 e. The van der Waals surface area contributed by atoms with Crippen LogP contribution in [0.5, 0.6) is 11.6 Å². The standard InChI is InChI=1S/C49H68N6O11S/c1-7-32-23-49(32,45(58)53-67(60,61)48(5)17-18-48)52-42(56)37-22-33-26-55(37)44(57)41(47(2,3)4)51-46(59)65-38-21-29(38)13-9-8-10-15-35-40(34-14-11-12-16-36(34)50-43(35)64-33)66-39-30-24-54(19-20-62-6)25-31(39)28-63-27-30/h7,11-12,14,16,29-33,37-39,41H,1,8-10,13,15,17-28H2,2-6H3,(H,51,59)(H,52,56)(H,53,58)/t29-,30?,31?,32-,33-,37+,38-,39?,41-,49-/m1/s1. The lowest BCUT2D eigenvalue weighted by molar-refractivity contribution is -0.142. The van der Waals surface area contributed by atoms with Crippen LogP contribution < -0.4 is 24.8 Å². The number of ether oxygens (including phenoxy) is 5. The van der Waals surface area contributed by atoms with Crippen molar-refractivity contribution < 1.29 is 51.3 Å². The zero-order valence-corrected chi connectivity index (χ0v) is 40.4. The van der Waals surface area contributed by atoms with Crippen LogP contribution in [0.4, 0.5) is 4.79 Å². The Kier molecular flexibility index (Phi) is 13.1. The van der Waals surface area contributed by atoms with Gasteiger partial charge in [0, 0.05) is 56.3 Å². The summed E-state index contributed by atoms with van der Waals surface area (Å²) < 4.78 is 59.3. The molecular formula is C49H68N6O11S. The van der Waals surface area contributed by atoms with E-state index in [1.807, 2.05) is 45.0 Å². The minimum Gasteiger partial charge on any atom is -0.488 e. The Labute approximate surface area is 393 Å². The third-order valence-electron chi connectivity index (χ3n) is 15.3. The lowest BCUT2D eigenvalue weighted by Gasteiger charge is -2.46. The lowest BCUT2D eigenvalue weighted by Crippen LogP contribution is -2.60. The van der Waals surface area contributed by atoms with Crippen molar-refractivity contribution in [1.82, 2.24) is 30.1 Å². The number of para-hydroxylation sites is 1. The molecule has 0 radical (unpaired) electrons. The highest BCUT2D eigenvalue weighted by molar-refractivity contribution is 7.91. The van der Waals surface area contributed by atoms with Crippen LogP contribution in [0.1, 0.15) is 91.0 Å². The average Bonchev–Trinajstić information content (AvgIpc) is 4.24. The number of piperidine rings is 1. The molecule has 17 nitrogen and oxygen atoms in total. The van der Waals surface area contributed by atoms with E-state index >= 15 is 0 Å². The van der Waals surface area contributed by atoms with Gasteiger partial charge in [-0.25, -0.2) is 18.2 Å². The molecule has 3 saturated heterocycles. The van der Waals surface area contributed by atoms with E-state index in [1.54, 1.807) is 14.0 Å². The summed E-state index contributed by atoms with van der Waals surface area (Å²) in [5.74, 6) is -1.000. The molecule has 3 saturated carbocycles. The third kappa shape index (κ3) is 9.73. The Balaban J connectivity index is 1.06. The van der Waals surface area contributed by atoms with Crippen LogP contribution in [0, 0.1) is 29.1 Å². The molecule has 366 valence electrons. The van der Waals surface area contributed by atoms with Gasteiger partial charge >= 0.3 is 6.09 Å². The number of fused-ring (bicyclic) bond motifs is 7. The molecule has 18 heteroatoms. The minimum absolute atomic E-state index is 0.0149. The Morgan fingerprint density at radius 2 is 1.78 bits per heavy atom. The number of hydrogen-bond donors (Lipinski definition) is 3. The number of methoxy groups -OCH3 is 1. The maximum Gasteiger partial charge on any atom is 0.408 e. The van der Waals surface area contributed by atoms with E-state index in [-0.39, 0.29) is 49.3 Å². The van der Waals surface area contributed by atoms with E-state index in [9.17, 15) is 27.6 Å². The van der Waals surface area contributed by atoms with Crippen LogP contribution in [0.2, 0.25) is 0 Å². The number of nitrogens with one attached hydrogen (secondary N) is 3. The van der Waals surface area contributed by atoms with Crippen molar-refractivity contribution in [3.63, 3.8) is 0 Å². The fraction of sp³-hybridized carbons (Fsp3) is 0.694. The van der Waals surface area contributed by atoms with Gasteiger partial charge in [-0.05, 0) is 75.3 Å². The highest BCUT2D eigenvalue weighted by Gasteiger charge is 2.63. The number of alkyl carbamates (subject to hydrolysis) is 1. The monoisotopic (exact) mass is 948 g/mol. The van der Waals surface area contributed by atoms with Crippen LogP contribution in [0.3, 0.4) is 0 Å². The van der Waals surface area contributed by atoms with Crippen molar-refractivity contribution in [1.29, 1.82) is 0 Å². The molecule has 9 atom stereocenters. The molecule has 3 N–H and O–H groups in total. The Bertz CT molecular complexity index is 2360. The SMILES string of the molecule is C=C[C@@H]1C[C@]1(NC(=O)[C@@H]1C[C@@H]2CN1C(=O)[C@H](C(C)(C)C)NC(=O)O[C@@H]1C[C@H]1CCCCCc1c(nc3ccccc3c1OC1C3COCC1CN(CCOC)C3)O2)C(=O)NS(=O)(=O)C1(C)CC1. The van der Waals surface area contributed by atoms with Gasteiger partial charge < -0.3 is 44.1 Å². The summed E-state index contributed by atoms with van der Waals surface area (Å²) in [6.07, 6.45) is 5.61. The maximum absolute atomic E-state index is 15.0. The number of sulfonamides is 1. The van der Waals surface area contributed by atoms with Crippen molar-refractivity contribution in [2.24, 2.45) is 29.1 Å². The Morgan fingerprint density at radius 1 is 1.03 bits per heavy atom. The Morgan fingerprint density at radius 3 is 2.46 bits per heavy atom. The predicted octanol–water partition coefficient (Wildman–Crippen LogP) is 4.26. The van der Waals surface area contributed by atoms with Crippen molar-refractivity contribution >= 4 is 44.7 Å². The van der Waals surface area contributed by atoms with Crippen LogP contribution in [0.15, 0.2) is 36.9 Å². The smallest absolute Gasteiger partial charge is 0.408 e. The van der Waals surface area contributed by atoms with Gasteiger partial charge in [0.2, 0.25) is 27.7 Å². The molecule has 2 unspecified atom stereocenters. The second-order valence-corrected chi connectivity index (χ2v) is 23.7. The number of benzene rings is 1. The first-order valence-corrected chi connectivity index (χ1v) is 25.7. The lowest BCUT2D eigenvalue weighted by atomic mass is 9.84. The summed E-state index contributed by atoms with van der Waals surface area (Å²) in [6.45, 7) is 15.1. The number of carbonyl (C=O) groups excluding carboxylic acids is 4. The van der Waals surface area contributed by atoms with Crippen molar-refractivity contribution in [3.05, 3.63) is 42.5 Å². The average molecular weight is 949 g/mol. The number of aromatic nitrogens is 1. The normalized spacial score (nSPS) is 33.0. The molecule has 2 aromatic rings. The van der Waals surface area contributed by atoms with Crippen molar-refractivity contribution in [2.45, 2.75) is 133 Å². The topological polar surface area (TPSA) is 204 Å². The van der Waals surface area contributed by atoms with Gasteiger partial charge in [0.15, 0.2) is 0 Å². The summed E-state index contributed by atoms with van der Waals surface area (Å²) in [6, 6.07) is 5.59. The first-order valence-electron chi connectivity index (χ1n) is 24.3. The molecular weight excluding hydrogens is 881 g/mol. The number of nitrogens with zero attached hydrogens (tertiary/aromatic N) is 3. The highest BCUT2D eigenvalue weighted by Crippen LogP contribution is 2.48. The molecule has 6 fully saturated rings. The van der Waals surface area contributed by atoms with E-state index in [2.05, 4.69) is 26.8 Å². The summed E-state index contributed by atoms with van der Waals surface area (Å²) in [5, 5.41) is 6.60. The van der Waals surface area contributed by atoms with E-state index in [4.69, 9.17) is 28.7 Å². The van der Waals surface area contributed by atoms with Crippen LogP contribution in [0.25, 0.3) is 10.9 Å². The first-order chi connectivity index (χ1) is 31.9. The first kappa shape index (κ1) is 47.5. The van der Waals surface area contributed by atoms with Gasteiger partial charge in [-0.1, -0.05) is 51.8 Å². The maximum atomic E-state index is 15.0. The summed E-state index contributed by atoms with van der Waals surface area (Å²) >= 11 is 0. The van der Waals surface area contributed by atoms with Gasteiger partial charge in [0.05, 0.1) is 42.2 Å². The molecule has 1 aromatic carbocycles. The molecule has 4 aliphatic heterocycles. The number of carbonyl (C=O) groups is 4. The molecule has 7 aliphatic rings. The molecule has 4 amide bonds. The Hall–Kier alpha value is -4.52. The fourth-order valence-electron chi connectivity index (χ4n) is 10.7. The molecule has 1 aromatic heterocycles. The summed E-state index contributed by atoms with van der Waals surface area (Å²) in [5.41, 5.74) is -0.903. The zero-order valence-electron chi connectivity index (χ0n) is 39.6.